The lowest BCUT2D eigenvalue weighted by Gasteiger charge is -2.10. The fourth-order valence-electron chi connectivity index (χ4n) is 1.12. The molecular weight excluding hydrogens is 237 g/mol. The van der Waals surface area contributed by atoms with Gasteiger partial charge in [-0.1, -0.05) is 28.1 Å². The Morgan fingerprint density at radius 1 is 1.42 bits per heavy atom. The molecule has 12 heavy (non-hydrogen) atoms. The standard InChI is InChI=1S/C9H12BrN.ClH/c1-6-8(7(2)11)4-3-5-9(6)10;/h3-5,7H,11H2,1-2H3;1H. The summed E-state index contributed by atoms with van der Waals surface area (Å²) in [4.78, 5) is 0. The molecular formula is C9H13BrClN. The molecule has 1 aromatic carbocycles. The highest BCUT2D eigenvalue weighted by Gasteiger charge is 2.04. The second-order valence-electron chi connectivity index (χ2n) is 2.74. The lowest BCUT2D eigenvalue weighted by Crippen LogP contribution is -2.06. The molecule has 0 bridgehead atoms. The van der Waals surface area contributed by atoms with Crippen molar-refractivity contribution in [3.05, 3.63) is 33.8 Å². The average molecular weight is 251 g/mol. The lowest BCUT2D eigenvalue weighted by molar-refractivity contribution is 0.809. The summed E-state index contributed by atoms with van der Waals surface area (Å²) in [7, 11) is 0. The van der Waals surface area contributed by atoms with Gasteiger partial charge in [0.1, 0.15) is 0 Å². The molecule has 1 atom stereocenters. The number of halogens is 2. The first-order valence-electron chi connectivity index (χ1n) is 3.63. The van der Waals surface area contributed by atoms with E-state index >= 15 is 0 Å². The fourth-order valence-corrected chi connectivity index (χ4v) is 1.50. The number of nitrogens with two attached hydrogens (primary N) is 1. The average Bonchev–Trinajstić information content (AvgIpc) is 1.94. The summed E-state index contributed by atoms with van der Waals surface area (Å²) in [5.41, 5.74) is 8.21. The zero-order chi connectivity index (χ0) is 8.43. The molecule has 3 heteroatoms. The first-order valence-corrected chi connectivity index (χ1v) is 4.43. The van der Waals surface area contributed by atoms with Gasteiger partial charge in [0.15, 0.2) is 0 Å². The van der Waals surface area contributed by atoms with Gasteiger partial charge in [-0.05, 0) is 31.0 Å². The van der Waals surface area contributed by atoms with Crippen molar-refractivity contribution in [3.63, 3.8) is 0 Å². The molecule has 68 valence electrons. The predicted octanol–water partition coefficient (Wildman–Crippen LogP) is 3.20. The van der Waals surface area contributed by atoms with Crippen LogP contribution in [0.5, 0.6) is 0 Å². The minimum atomic E-state index is 0. The molecule has 1 nitrogen and oxygen atoms in total. The summed E-state index contributed by atoms with van der Waals surface area (Å²) in [6.45, 7) is 4.07. The summed E-state index contributed by atoms with van der Waals surface area (Å²) >= 11 is 3.46. The van der Waals surface area contributed by atoms with Crippen molar-refractivity contribution in [1.29, 1.82) is 0 Å². The maximum atomic E-state index is 5.76. The molecule has 0 saturated heterocycles. The first kappa shape index (κ1) is 11.9. The van der Waals surface area contributed by atoms with Gasteiger partial charge in [0.05, 0.1) is 0 Å². The van der Waals surface area contributed by atoms with Gasteiger partial charge in [0, 0.05) is 10.5 Å². The summed E-state index contributed by atoms with van der Waals surface area (Å²) in [5, 5.41) is 0. The Balaban J connectivity index is 0.00000121. The van der Waals surface area contributed by atoms with Crippen LogP contribution in [-0.2, 0) is 0 Å². The van der Waals surface area contributed by atoms with Crippen LogP contribution in [0.4, 0.5) is 0 Å². The van der Waals surface area contributed by atoms with Gasteiger partial charge >= 0.3 is 0 Å². The number of hydrogen-bond donors (Lipinski definition) is 1. The zero-order valence-corrected chi connectivity index (χ0v) is 9.58. The topological polar surface area (TPSA) is 26.0 Å². The molecule has 0 radical (unpaired) electrons. The summed E-state index contributed by atoms with van der Waals surface area (Å²) in [6.07, 6.45) is 0. The van der Waals surface area contributed by atoms with Crippen molar-refractivity contribution in [3.8, 4) is 0 Å². The minimum Gasteiger partial charge on any atom is -0.324 e. The molecule has 0 aliphatic heterocycles. The second-order valence-corrected chi connectivity index (χ2v) is 3.60. The van der Waals surface area contributed by atoms with Gasteiger partial charge in [0.25, 0.3) is 0 Å². The van der Waals surface area contributed by atoms with E-state index in [2.05, 4.69) is 28.9 Å². The predicted molar refractivity (Wildman–Crippen MR) is 58.7 cm³/mol. The molecule has 0 spiro atoms. The molecule has 0 saturated carbocycles. The maximum absolute atomic E-state index is 5.76. The zero-order valence-electron chi connectivity index (χ0n) is 7.17. The molecule has 0 aliphatic rings. The third kappa shape index (κ3) is 2.47. The summed E-state index contributed by atoms with van der Waals surface area (Å²) in [6, 6.07) is 6.22. The quantitative estimate of drug-likeness (QED) is 0.814. The van der Waals surface area contributed by atoms with E-state index in [1.165, 1.54) is 11.1 Å². The third-order valence-corrected chi connectivity index (χ3v) is 2.66. The van der Waals surface area contributed by atoms with Crippen LogP contribution in [-0.4, -0.2) is 0 Å². The van der Waals surface area contributed by atoms with Crippen LogP contribution in [0.1, 0.15) is 24.1 Å². The van der Waals surface area contributed by atoms with E-state index in [0.717, 1.165) is 4.47 Å². The molecule has 0 aliphatic carbocycles. The molecule has 0 amide bonds. The van der Waals surface area contributed by atoms with Crippen LogP contribution >= 0.6 is 28.3 Å². The van der Waals surface area contributed by atoms with Gasteiger partial charge in [-0.25, -0.2) is 0 Å². The Hall–Kier alpha value is -0.0500. The second kappa shape index (κ2) is 4.85. The van der Waals surface area contributed by atoms with Gasteiger partial charge in [-0.2, -0.15) is 0 Å². The van der Waals surface area contributed by atoms with E-state index < -0.39 is 0 Å². The van der Waals surface area contributed by atoms with Crippen molar-refractivity contribution in [2.75, 3.05) is 0 Å². The SMILES string of the molecule is Cc1c(Br)cccc1C(C)N.Cl. The molecule has 0 fully saturated rings. The Kier molecular flexibility index (Phi) is 4.83. The molecule has 1 aromatic rings. The maximum Gasteiger partial charge on any atom is 0.0269 e. The minimum absolute atomic E-state index is 0. The van der Waals surface area contributed by atoms with Crippen LogP contribution < -0.4 is 5.73 Å². The number of hydrogen-bond acceptors (Lipinski definition) is 1. The van der Waals surface area contributed by atoms with Crippen molar-refractivity contribution in [2.45, 2.75) is 19.9 Å². The fraction of sp³-hybridized carbons (Fsp3) is 0.333. The van der Waals surface area contributed by atoms with Crippen LogP contribution in [0.25, 0.3) is 0 Å². The molecule has 1 unspecified atom stereocenters. The highest BCUT2D eigenvalue weighted by atomic mass is 79.9. The first-order chi connectivity index (χ1) is 5.13. The van der Waals surface area contributed by atoms with Crippen molar-refractivity contribution in [2.24, 2.45) is 5.73 Å². The highest BCUT2D eigenvalue weighted by molar-refractivity contribution is 9.10. The van der Waals surface area contributed by atoms with Gasteiger partial charge in [0.2, 0.25) is 0 Å². The molecule has 0 heterocycles. The normalized spacial score (nSPS) is 12.0. The Morgan fingerprint density at radius 2 is 2.00 bits per heavy atom. The Bertz CT molecular complexity index is 261. The van der Waals surface area contributed by atoms with E-state index in [4.69, 9.17) is 5.73 Å². The van der Waals surface area contributed by atoms with Crippen LogP contribution in [0.15, 0.2) is 22.7 Å². The van der Waals surface area contributed by atoms with E-state index in [9.17, 15) is 0 Å². The van der Waals surface area contributed by atoms with Crippen molar-refractivity contribution >= 4 is 28.3 Å². The third-order valence-electron chi connectivity index (χ3n) is 1.80. The Morgan fingerprint density at radius 3 is 2.42 bits per heavy atom. The Labute approximate surface area is 87.9 Å². The van der Waals surface area contributed by atoms with Gasteiger partial charge < -0.3 is 5.73 Å². The van der Waals surface area contributed by atoms with Crippen molar-refractivity contribution in [1.82, 2.24) is 0 Å². The van der Waals surface area contributed by atoms with Crippen LogP contribution in [0, 0.1) is 6.92 Å². The van der Waals surface area contributed by atoms with E-state index in [-0.39, 0.29) is 18.4 Å². The summed E-state index contributed by atoms with van der Waals surface area (Å²) in [5.74, 6) is 0. The molecule has 1 rings (SSSR count). The monoisotopic (exact) mass is 249 g/mol. The van der Waals surface area contributed by atoms with Gasteiger partial charge in [-0.15, -0.1) is 12.4 Å². The summed E-state index contributed by atoms with van der Waals surface area (Å²) < 4.78 is 1.13. The lowest BCUT2D eigenvalue weighted by atomic mass is 10.0. The molecule has 2 N–H and O–H groups in total. The number of rotatable bonds is 1. The van der Waals surface area contributed by atoms with E-state index in [0.29, 0.717) is 0 Å². The largest absolute Gasteiger partial charge is 0.324 e. The molecule has 0 aromatic heterocycles. The highest BCUT2D eigenvalue weighted by Crippen LogP contribution is 2.22. The smallest absolute Gasteiger partial charge is 0.0269 e. The van der Waals surface area contributed by atoms with E-state index in [1.807, 2.05) is 19.1 Å². The van der Waals surface area contributed by atoms with E-state index in [1.54, 1.807) is 0 Å². The van der Waals surface area contributed by atoms with Crippen LogP contribution in [0.2, 0.25) is 0 Å². The van der Waals surface area contributed by atoms with Crippen LogP contribution in [0.3, 0.4) is 0 Å². The number of benzene rings is 1. The van der Waals surface area contributed by atoms with Crippen molar-refractivity contribution < 1.29 is 0 Å². The van der Waals surface area contributed by atoms with Gasteiger partial charge in [-0.3, -0.25) is 0 Å².